The zero-order valence-corrected chi connectivity index (χ0v) is 12.5. The van der Waals surface area contributed by atoms with Gasteiger partial charge >= 0.3 is 0 Å². The van der Waals surface area contributed by atoms with E-state index in [0.717, 1.165) is 11.3 Å². The average molecular weight is 314 g/mol. The van der Waals surface area contributed by atoms with Gasteiger partial charge in [0.1, 0.15) is 4.21 Å². The van der Waals surface area contributed by atoms with Crippen LogP contribution in [0.3, 0.4) is 0 Å². The number of nitrogens with one attached hydrogen (secondary N) is 1. The van der Waals surface area contributed by atoms with E-state index < -0.39 is 10.0 Å². The molecule has 2 aromatic heterocycles. The second-order valence-electron chi connectivity index (χ2n) is 4.30. The van der Waals surface area contributed by atoms with Gasteiger partial charge in [-0.15, -0.1) is 11.3 Å². The molecule has 0 aromatic carbocycles. The Bertz CT molecular complexity index is 732. The molecule has 1 atom stereocenters. The molecule has 0 saturated carbocycles. The van der Waals surface area contributed by atoms with Crippen LogP contribution in [-0.2, 0) is 17.1 Å². The van der Waals surface area contributed by atoms with E-state index in [2.05, 4.69) is 10.4 Å². The minimum absolute atomic E-state index is 0.0787. The van der Waals surface area contributed by atoms with Gasteiger partial charge in [-0.1, -0.05) is 0 Å². The number of nitrogens with zero attached hydrogens (tertiary/aromatic N) is 2. The zero-order chi connectivity index (χ0) is 14.9. The smallest absolute Gasteiger partial charge is 0.254 e. The van der Waals surface area contributed by atoms with Crippen molar-refractivity contribution in [2.45, 2.75) is 17.2 Å². The number of primary sulfonamides is 1. The Morgan fingerprint density at radius 3 is 2.70 bits per heavy atom. The number of nitrogens with two attached hydrogens (primary N) is 1. The quantitative estimate of drug-likeness (QED) is 0.862. The van der Waals surface area contributed by atoms with E-state index in [0.29, 0.717) is 10.4 Å². The summed E-state index contributed by atoms with van der Waals surface area (Å²) in [7, 11) is -1.98. The van der Waals surface area contributed by atoms with Crippen LogP contribution < -0.4 is 10.5 Å². The van der Waals surface area contributed by atoms with E-state index in [1.807, 2.05) is 0 Å². The molecular formula is C11H14N4O3S2. The molecular weight excluding hydrogens is 300 g/mol. The van der Waals surface area contributed by atoms with Gasteiger partial charge in [-0.3, -0.25) is 9.48 Å². The number of amides is 1. The molecule has 2 rings (SSSR count). The molecule has 0 aliphatic heterocycles. The predicted molar refractivity (Wildman–Crippen MR) is 74.8 cm³/mol. The number of sulfonamides is 1. The maximum absolute atomic E-state index is 11.9. The van der Waals surface area contributed by atoms with E-state index in [4.69, 9.17) is 5.14 Å². The first-order chi connectivity index (χ1) is 9.27. The zero-order valence-electron chi connectivity index (χ0n) is 10.9. The second kappa shape index (κ2) is 5.35. The van der Waals surface area contributed by atoms with Gasteiger partial charge in [0.05, 0.1) is 17.8 Å². The monoisotopic (exact) mass is 314 g/mol. The van der Waals surface area contributed by atoms with E-state index in [1.54, 1.807) is 26.2 Å². The summed E-state index contributed by atoms with van der Waals surface area (Å²) in [5.41, 5.74) is 0.447. The van der Waals surface area contributed by atoms with Gasteiger partial charge in [0.25, 0.3) is 5.91 Å². The van der Waals surface area contributed by atoms with E-state index in [1.165, 1.54) is 16.9 Å². The predicted octanol–water partition coefficient (Wildman–Crippen LogP) is 0.620. The fourth-order valence-electron chi connectivity index (χ4n) is 1.61. The van der Waals surface area contributed by atoms with Gasteiger partial charge in [-0.25, -0.2) is 13.6 Å². The van der Waals surface area contributed by atoms with Crippen molar-refractivity contribution in [2.75, 3.05) is 0 Å². The molecule has 0 aliphatic rings. The Hall–Kier alpha value is -1.71. The third-order valence-corrected chi connectivity index (χ3v) is 5.33. The van der Waals surface area contributed by atoms with Crippen LogP contribution in [0.1, 0.15) is 28.2 Å². The van der Waals surface area contributed by atoms with Gasteiger partial charge in [-0.05, 0) is 19.1 Å². The largest absolute Gasteiger partial charge is 0.345 e. The summed E-state index contributed by atoms with van der Waals surface area (Å²) in [6.45, 7) is 1.77. The Labute approximate surface area is 120 Å². The Balaban J connectivity index is 2.10. The van der Waals surface area contributed by atoms with Crippen LogP contribution in [0, 0.1) is 0 Å². The van der Waals surface area contributed by atoms with E-state index in [-0.39, 0.29) is 16.2 Å². The topological polar surface area (TPSA) is 107 Å². The number of thiophene rings is 1. The number of aromatic nitrogens is 2. The van der Waals surface area contributed by atoms with Crippen molar-refractivity contribution in [1.29, 1.82) is 0 Å². The molecule has 0 spiro atoms. The van der Waals surface area contributed by atoms with Gasteiger partial charge in [0.2, 0.25) is 10.0 Å². The molecule has 20 heavy (non-hydrogen) atoms. The minimum atomic E-state index is -3.70. The molecule has 0 fully saturated rings. The van der Waals surface area contributed by atoms with Crippen LogP contribution in [0.25, 0.3) is 0 Å². The molecule has 9 heteroatoms. The molecule has 1 unspecified atom stereocenters. The molecule has 7 nitrogen and oxygen atoms in total. The molecule has 0 saturated heterocycles. The highest BCUT2D eigenvalue weighted by atomic mass is 32.2. The minimum Gasteiger partial charge on any atom is -0.345 e. The summed E-state index contributed by atoms with van der Waals surface area (Å²) >= 11 is 1.04. The first-order valence-electron chi connectivity index (χ1n) is 5.69. The van der Waals surface area contributed by atoms with Crippen LogP contribution in [0.4, 0.5) is 0 Å². The van der Waals surface area contributed by atoms with Crippen molar-refractivity contribution >= 4 is 27.3 Å². The highest BCUT2D eigenvalue weighted by molar-refractivity contribution is 7.91. The molecule has 0 bridgehead atoms. The first kappa shape index (κ1) is 14.7. The molecule has 3 N–H and O–H groups in total. The average Bonchev–Trinajstić information content (AvgIpc) is 2.95. The lowest BCUT2D eigenvalue weighted by molar-refractivity contribution is 0.0940. The molecule has 0 radical (unpaired) electrons. The van der Waals surface area contributed by atoms with Crippen molar-refractivity contribution in [2.24, 2.45) is 12.2 Å². The lowest BCUT2D eigenvalue weighted by Crippen LogP contribution is -2.25. The molecule has 2 aromatic rings. The number of carbonyl (C=O) groups is 1. The summed E-state index contributed by atoms with van der Waals surface area (Å²) in [5, 5.41) is 11.7. The highest BCUT2D eigenvalue weighted by Gasteiger charge is 2.17. The summed E-state index contributed by atoms with van der Waals surface area (Å²) in [4.78, 5) is 12.7. The number of hydrogen-bond donors (Lipinski definition) is 2. The highest BCUT2D eigenvalue weighted by Crippen LogP contribution is 2.25. The fraction of sp³-hybridized carbons (Fsp3) is 0.273. The summed E-state index contributed by atoms with van der Waals surface area (Å²) < 4.78 is 24.0. The summed E-state index contributed by atoms with van der Waals surface area (Å²) in [6.07, 6.45) is 3.07. The van der Waals surface area contributed by atoms with Crippen LogP contribution in [-0.4, -0.2) is 24.1 Å². The maximum atomic E-state index is 11.9. The molecule has 108 valence electrons. The van der Waals surface area contributed by atoms with E-state index in [9.17, 15) is 13.2 Å². The number of aryl methyl sites for hydroxylation is 1. The second-order valence-corrected chi connectivity index (χ2v) is 7.20. The Morgan fingerprint density at radius 1 is 1.50 bits per heavy atom. The standard InChI is InChI=1S/C11H14N4O3S2/c1-7(9-3-4-10(19-9)20(12,17)18)14-11(16)8-5-13-15(2)6-8/h3-7H,1-2H3,(H,14,16)(H2,12,17,18). The van der Waals surface area contributed by atoms with Crippen molar-refractivity contribution in [3.05, 3.63) is 35.0 Å². The molecule has 0 aliphatic carbocycles. The van der Waals surface area contributed by atoms with Crippen LogP contribution in [0.2, 0.25) is 0 Å². The van der Waals surface area contributed by atoms with E-state index >= 15 is 0 Å². The van der Waals surface area contributed by atoms with Crippen molar-refractivity contribution < 1.29 is 13.2 Å². The van der Waals surface area contributed by atoms with Crippen LogP contribution >= 0.6 is 11.3 Å². The Morgan fingerprint density at radius 2 is 2.20 bits per heavy atom. The lowest BCUT2D eigenvalue weighted by atomic mass is 10.2. The van der Waals surface area contributed by atoms with Gasteiger partial charge < -0.3 is 5.32 Å². The lowest BCUT2D eigenvalue weighted by Gasteiger charge is -2.10. The SMILES string of the molecule is CC(NC(=O)c1cnn(C)c1)c1ccc(S(N)(=O)=O)s1. The summed E-state index contributed by atoms with van der Waals surface area (Å²) in [5.74, 6) is -0.267. The van der Waals surface area contributed by atoms with Gasteiger partial charge in [0.15, 0.2) is 0 Å². The van der Waals surface area contributed by atoms with Gasteiger partial charge in [-0.2, -0.15) is 5.10 Å². The normalized spacial score (nSPS) is 13.2. The maximum Gasteiger partial charge on any atom is 0.254 e. The molecule has 2 heterocycles. The van der Waals surface area contributed by atoms with Crippen molar-refractivity contribution in [1.82, 2.24) is 15.1 Å². The molecule has 1 amide bonds. The van der Waals surface area contributed by atoms with Crippen LogP contribution in [0.5, 0.6) is 0 Å². The fourth-order valence-corrected chi connectivity index (χ4v) is 3.36. The third-order valence-electron chi connectivity index (χ3n) is 2.62. The van der Waals surface area contributed by atoms with Crippen molar-refractivity contribution in [3.8, 4) is 0 Å². The van der Waals surface area contributed by atoms with Gasteiger partial charge in [0, 0.05) is 18.1 Å². The number of hydrogen-bond acceptors (Lipinski definition) is 5. The number of carbonyl (C=O) groups excluding carboxylic acids is 1. The number of rotatable bonds is 4. The Kier molecular flexibility index (Phi) is 3.93. The summed E-state index contributed by atoms with van der Waals surface area (Å²) in [6, 6.07) is 2.75. The first-order valence-corrected chi connectivity index (χ1v) is 8.05. The third kappa shape index (κ3) is 3.24. The van der Waals surface area contributed by atoms with Crippen LogP contribution in [0.15, 0.2) is 28.7 Å². The van der Waals surface area contributed by atoms with Crippen molar-refractivity contribution in [3.63, 3.8) is 0 Å².